The molecule has 1 aromatic rings. The molecule has 0 aromatic heterocycles. The van der Waals surface area contributed by atoms with Gasteiger partial charge in [-0.1, -0.05) is 18.2 Å². The summed E-state index contributed by atoms with van der Waals surface area (Å²) in [5.74, 6) is -0.360. The van der Waals surface area contributed by atoms with Gasteiger partial charge in [0.05, 0.1) is 6.10 Å². The zero-order valence-corrected chi connectivity index (χ0v) is 8.86. The third kappa shape index (κ3) is 3.01. The lowest BCUT2D eigenvalue weighted by molar-refractivity contribution is -0.0915. The molecule has 1 amide bonds. The molecule has 0 aliphatic rings. The Kier molecular flexibility index (Phi) is 3.92. The monoisotopic (exact) mass is 213 g/mol. The van der Waals surface area contributed by atoms with Crippen LogP contribution in [0.1, 0.15) is 24.2 Å². The first-order chi connectivity index (χ1) is 6.61. The van der Waals surface area contributed by atoms with Crippen LogP contribution in [0, 0.1) is 0 Å². The zero-order chi connectivity index (χ0) is 10.6. The Morgan fingerprint density at radius 3 is 2.43 bits per heavy atom. The van der Waals surface area contributed by atoms with E-state index in [9.17, 15) is 4.79 Å². The molecule has 0 bridgehead atoms. The van der Waals surface area contributed by atoms with Crippen molar-refractivity contribution < 1.29 is 9.63 Å². The fourth-order valence-electron chi connectivity index (χ4n) is 0.915. The second kappa shape index (κ2) is 4.98. The lowest BCUT2D eigenvalue weighted by Crippen LogP contribution is -2.25. The molecular formula is C10H12ClNO2. The molecule has 0 atom stereocenters. The van der Waals surface area contributed by atoms with Gasteiger partial charge in [0, 0.05) is 17.3 Å². The maximum absolute atomic E-state index is 11.5. The molecule has 4 heteroatoms. The highest BCUT2D eigenvalue weighted by Gasteiger charge is 2.15. The average molecular weight is 214 g/mol. The van der Waals surface area contributed by atoms with E-state index in [-0.39, 0.29) is 12.0 Å². The van der Waals surface area contributed by atoms with Crippen molar-refractivity contribution in [3.63, 3.8) is 0 Å². The van der Waals surface area contributed by atoms with Gasteiger partial charge in [-0.2, -0.15) is 0 Å². The third-order valence-corrected chi connectivity index (χ3v) is 1.72. The molecule has 76 valence electrons. The van der Waals surface area contributed by atoms with Crippen LogP contribution in [0.5, 0.6) is 0 Å². The van der Waals surface area contributed by atoms with Crippen LogP contribution in [0.2, 0.25) is 0 Å². The predicted octanol–water partition coefficient (Wildman–Crippen LogP) is 2.62. The Morgan fingerprint density at radius 1 is 1.36 bits per heavy atom. The van der Waals surface area contributed by atoms with Crippen LogP contribution >= 0.6 is 11.8 Å². The van der Waals surface area contributed by atoms with Gasteiger partial charge in [0.15, 0.2) is 0 Å². The summed E-state index contributed by atoms with van der Waals surface area (Å²) in [6.07, 6.45) is -0.125. The van der Waals surface area contributed by atoms with Crippen molar-refractivity contribution in [1.82, 2.24) is 4.58 Å². The van der Waals surface area contributed by atoms with Crippen molar-refractivity contribution in [2.45, 2.75) is 20.0 Å². The first kappa shape index (κ1) is 11.0. The molecular weight excluding hydrogens is 202 g/mol. The van der Waals surface area contributed by atoms with E-state index in [1.165, 1.54) is 0 Å². The van der Waals surface area contributed by atoms with Crippen molar-refractivity contribution in [3.05, 3.63) is 35.9 Å². The highest BCUT2D eigenvalue weighted by Crippen LogP contribution is 2.09. The van der Waals surface area contributed by atoms with E-state index in [1.54, 1.807) is 38.1 Å². The number of hydrogen-bond donors (Lipinski definition) is 0. The zero-order valence-electron chi connectivity index (χ0n) is 8.11. The van der Waals surface area contributed by atoms with Crippen LogP contribution in [0.4, 0.5) is 0 Å². The molecule has 3 nitrogen and oxygen atoms in total. The van der Waals surface area contributed by atoms with Gasteiger partial charge in [0.1, 0.15) is 0 Å². The molecule has 1 rings (SSSR count). The van der Waals surface area contributed by atoms with E-state index in [1.807, 2.05) is 6.07 Å². The van der Waals surface area contributed by atoms with Gasteiger partial charge in [-0.15, -0.1) is 4.58 Å². The summed E-state index contributed by atoms with van der Waals surface area (Å²) in [6.45, 7) is 3.60. The summed E-state index contributed by atoms with van der Waals surface area (Å²) in [5, 5.41) is 0. The number of nitrogens with zero attached hydrogens (tertiary/aromatic N) is 1. The fraction of sp³-hybridized carbons (Fsp3) is 0.300. The number of benzene rings is 1. The second-order valence-electron chi connectivity index (χ2n) is 3.07. The summed E-state index contributed by atoms with van der Waals surface area (Å²) in [6, 6.07) is 8.74. The Morgan fingerprint density at radius 2 is 1.93 bits per heavy atom. The number of hydroxylamine groups is 1. The maximum Gasteiger partial charge on any atom is 0.292 e. The molecule has 0 saturated carbocycles. The van der Waals surface area contributed by atoms with E-state index < -0.39 is 0 Å². The average Bonchev–Trinajstić information content (AvgIpc) is 2.17. The van der Waals surface area contributed by atoms with Crippen molar-refractivity contribution in [1.29, 1.82) is 0 Å². The first-order valence-electron chi connectivity index (χ1n) is 4.33. The predicted molar refractivity (Wildman–Crippen MR) is 54.7 cm³/mol. The summed E-state index contributed by atoms with van der Waals surface area (Å²) in [5.41, 5.74) is 0.503. The van der Waals surface area contributed by atoms with Crippen LogP contribution in [0.25, 0.3) is 0 Å². The second-order valence-corrected chi connectivity index (χ2v) is 3.38. The lowest BCUT2D eigenvalue weighted by Gasteiger charge is -2.15. The SMILES string of the molecule is CC(C)ON(Cl)C(=O)c1ccccc1. The first-order valence-corrected chi connectivity index (χ1v) is 4.67. The highest BCUT2D eigenvalue weighted by molar-refractivity contribution is 6.23. The van der Waals surface area contributed by atoms with E-state index in [0.29, 0.717) is 5.56 Å². The number of carbonyl (C=O) groups excluding carboxylic acids is 1. The summed E-state index contributed by atoms with van der Waals surface area (Å²) in [7, 11) is 0. The van der Waals surface area contributed by atoms with Gasteiger partial charge < -0.3 is 0 Å². The van der Waals surface area contributed by atoms with Gasteiger partial charge in [0.2, 0.25) is 0 Å². The molecule has 14 heavy (non-hydrogen) atoms. The maximum atomic E-state index is 11.5. The summed E-state index contributed by atoms with van der Waals surface area (Å²) >= 11 is 5.62. The number of carbonyl (C=O) groups is 1. The largest absolute Gasteiger partial charge is 0.292 e. The van der Waals surface area contributed by atoms with Crippen molar-refractivity contribution in [2.75, 3.05) is 0 Å². The molecule has 0 aliphatic heterocycles. The number of amides is 1. The molecule has 0 radical (unpaired) electrons. The van der Waals surface area contributed by atoms with Crippen molar-refractivity contribution in [2.24, 2.45) is 0 Å². The van der Waals surface area contributed by atoms with E-state index >= 15 is 0 Å². The van der Waals surface area contributed by atoms with Gasteiger partial charge >= 0.3 is 0 Å². The highest BCUT2D eigenvalue weighted by atomic mass is 35.5. The molecule has 0 spiro atoms. The Balaban J connectivity index is 2.66. The molecule has 0 N–H and O–H groups in total. The molecule has 0 aliphatic carbocycles. The Bertz CT molecular complexity index is 300. The Labute approximate surface area is 88.3 Å². The van der Waals surface area contributed by atoms with Crippen molar-refractivity contribution >= 4 is 17.7 Å². The minimum absolute atomic E-state index is 0.125. The number of halogens is 1. The van der Waals surface area contributed by atoms with Crippen LogP contribution in [0.15, 0.2) is 30.3 Å². The smallest absolute Gasteiger partial charge is 0.265 e. The van der Waals surface area contributed by atoms with Crippen LogP contribution < -0.4 is 0 Å². The summed E-state index contributed by atoms with van der Waals surface area (Å²) in [4.78, 5) is 16.6. The molecule has 1 aromatic carbocycles. The third-order valence-electron chi connectivity index (χ3n) is 1.48. The molecule has 0 heterocycles. The topological polar surface area (TPSA) is 29.5 Å². The number of hydrogen-bond acceptors (Lipinski definition) is 2. The normalized spacial score (nSPS) is 10.3. The quantitative estimate of drug-likeness (QED) is 0.571. The molecule has 0 fully saturated rings. The standard InChI is InChI=1S/C10H12ClNO2/c1-8(2)14-12(11)10(13)9-6-4-3-5-7-9/h3-8H,1-2H3. The van der Waals surface area contributed by atoms with Crippen LogP contribution in [-0.2, 0) is 4.84 Å². The van der Waals surface area contributed by atoms with Gasteiger partial charge in [0.25, 0.3) is 5.91 Å². The van der Waals surface area contributed by atoms with E-state index in [4.69, 9.17) is 16.6 Å². The minimum Gasteiger partial charge on any atom is -0.265 e. The van der Waals surface area contributed by atoms with Crippen LogP contribution in [0.3, 0.4) is 0 Å². The fourth-order valence-corrected chi connectivity index (χ4v) is 1.17. The van der Waals surface area contributed by atoms with Crippen LogP contribution in [-0.4, -0.2) is 16.6 Å². The van der Waals surface area contributed by atoms with Gasteiger partial charge in [-0.25, -0.2) is 0 Å². The van der Waals surface area contributed by atoms with E-state index in [0.717, 1.165) is 4.58 Å². The molecule has 0 saturated heterocycles. The van der Waals surface area contributed by atoms with Gasteiger partial charge in [-0.3, -0.25) is 9.63 Å². The van der Waals surface area contributed by atoms with Crippen molar-refractivity contribution in [3.8, 4) is 0 Å². The van der Waals surface area contributed by atoms with E-state index in [2.05, 4.69) is 0 Å². The number of rotatable bonds is 3. The molecule has 0 unspecified atom stereocenters. The van der Waals surface area contributed by atoms with Gasteiger partial charge in [-0.05, 0) is 26.0 Å². The summed E-state index contributed by atoms with van der Waals surface area (Å²) < 4.78 is 0.736. The lowest BCUT2D eigenvalue weighted by atomic mass is 10.2. The Hall–Kier alpha value is -1.06. The minimum atomic E-state index is -0.360.